The van der Waals surface area contributed by atoms with Crippen molar-refractivity contribution in [1.82, 2.24) is 10.2 Å². The lowest BCUT2D eigenvalue weighted by Crippen LogP contribution is -2.51. The van der Waals surface area contributed by atoms with Gasteiger partial charge < -0.3 is 25.6 Å². The zero-order valence-corrected chi connectivity index (χ0v) is 17.1. The lowest BCUT2D eigenvalue weighted by atomic mass is 10.2. The Kier molecular flexibility index (Phi) is 7.13. The van der Waals surface area contributed by atoms with Gasteiger partial charge in [-0.15, -0.1) is 0 Å². The fraction of sp³-hybridized carbons (Fsp3) is 0.286. The molecule has 9 heteroatoms. The molecule has 0 aromatic heterocycles. The second-order valence-electron chi connectivity index (χ2n) is 6.78. The Morgan fingerprint density at radius 1 is 1.00 bits per heavy atom. The normalized spacial score (nSPS) is 13.6. The van der Waals surface area contributed by atoms with Gasteiger partial charge in [0.25, 0.3) is 11.8 Å². The highest BCUT2D eigenvalue weighted by Crippen LogP contribution is 2.20. The number of rotatable bonds is 7. The molecule has 3 N–H and O–H groups in total. The van der Waals surface area contributed by atoms with Crippen LogP contribution in [0.4, 0.5) is 5.69 Å². The van der Waals surface area contributed by atoms with E-state index < -0.39 is 11.8 Å². The Hall–Kier alpha value is -3.26. The molecular weight excluding hydrogens is 408 g/mol. The van der Waals surface area contributed by atoms with Crippen molar-refractivity contribution >= 4 is 35.0 Å². The van der Waals surface area contributed by atoms with E-state index in [0.29, 0.717) is 31.2 Å². The molecule has 1 aliphatic rings. The smallest absolute Gasteiger partial charge is 0.255 e. The molecule has 0 aliphatic carbocycles. The van der Waals surface area contributed by atoms with Crippen LogP contribution in [0.25, 0.3) is 0 Å². The molecule has 3 amide bonds. The fourth-order valence-electron chi connectivity index (χ4n) is 3.16. The highest BCUT2D eigenvalue weighted by atomic mass is 35.5. The van der Waals surface area contributed by atoms with Crippen LogP contribution in [0.5, 0.6) is 5.75 Å². The van der Waals surface area contributed by atoms with Crippen molar-refractivity contribution in [2.75, 3.05) is 44.2 Å². The van der Waals surface area contributed by atoms with Crippen LogP contribution in [0, 0.1) is 0 Å². The fourth-order valence-corrected chi connectivity index (χ4v) is 3.28. The highest BCUT2D eigenvalue weighted by Gasteiger charge is 2.22. The number of nitrogens with two attached hydrogens (primary N) is 1. The maximum Gasteiger partial charge on any atom is 0.255 e. The van der Waals surface area contributed by atoms with Gasteiger partial charge in [0.2, 0.25) is 5.91 Å². The molecule has 2 aromatic carbocycles. The van der Waals surface area contributed by atoms with Gasteiger partial charge in [0.05, 0.1) is 12.1 Å². The van der Waals surface area contributed by atoms with Crippen molar-refractivity contribution in [3.05, 3.63) is 59.1 Å². The van der Waals surface area contributed by atoms with Crippen molar-refractivity contribution in [2.45, 2.75) is 0 Å². The standard InChI is InChI=1S/C21H23ClN4O4/c22-15-5-7-16(8-6-15)25-9-11-26(12-10-25)20(28)13-24-21(29)17-3-1-2-4-18(17)30-14-19(23)27/h1-8H,9-14H2,(H2,23,27)(H,24,29). The summed E-state index contributed by atoms with van der Waals surface area (Å²) in [6, 6.07) is 14.1. The number of nitrogens with zero attached hydrogens (tertiary/aromatic N) is 2. The first kappa shape index (κ1) is 21.4. The van der Waals surface area contributed by atoms with E-state index >= 15 is 0 Å². The predicted molar refractivity (Wildman–Crippen MR) is 114 cm³/mol. The van der Waals surface area contributed by atoms with E-state index in [9.17, 15) is 14.4 Å². The SMILES string of the molecule is NC(=O)COc1ccccc1C(=O)NCC(=O)N1CCN(c2ccc(Cl)cc2)CC1. The van der Waals surface area contributed by atoms with E-state index in [1.807, 2.05) is 24.3 Å². The topological polar surface area (TPSA) is 105 Å². The van der Waals surface area contributed by atoms with Crippen molar-refractivity contribution in [2.24, 2.45) is 5.73 Å². The summed E-state index contributed by atoms with van der Waals surface area (Å²) in [6.07, 6.45) is 0. The molecule has 1 saturated heterocycles. The van der Waals surface area contributed by atoms with Crippen LogP contribution in [-0.2, 0) is 9.59 Å². The summed E-state index contributed by atoms with van der Waals surface area (Å²) < 4.78 is 5.26. The number of carbonyl (C=O) groups excluding carboxylic acids is 3. The van der Waals surface area contributed by atoms with Gasteiger partial charge in [-0.3, -0.25) is 14.4 Å². The Balaban J connectivity index is 1.50. The predicted octanol–water partition coefficient (Wildman–Crippen LogP) is 1.28. The average Bonchev–Trinajstić information content (AvgIpc) is 2.76. The third-order valence-electron chi connectivity index (χ3n) is 4.73. The van der Waals surface area contributed by atoms with Crippen molar-refractivity contribution in [3.63, 3.8) is 0 Å². The zero-order chi connectivity index (χ0) is 21.5. The number of benzene rings is 2. The van der Waals surface area contributed by atoms with Crippen LogP contribution in [0.2, 0.25) is 5.02 Å². The summed E-state index contributed by atoms with van der Waals surface area (Å²) in [5.74, 6) is -1.02. The number of amides is 3. The number of hydrogen-bond acceptors (Lipinski definition) is 5. The molecule has 30 heavy (non-hydrogen) atoms. The molecule has 8 nitrogen and oxygen atoms in total. The molecular formula is C21H23ClN4O4. The Labute approximate surface area is 179 Å². The quantitative estimate of drug-likeness (QED) is 0.688. The molecule has 2 aromatic rings. The molecule has 1 aliphatic heterocycles. The first-order valence-electron chi connectivity index (χ1n) is 9.50. The van der Waals surface area contributed by atoms with Crippen LogP contribution in [0.1, 0.15) is 10.4 Å². The van der Waals surface area contributed by atoms with Crippen molar-refractivity contribution in [3.8, 4) is 5.75 Å². The van der Waals surface area contributed by atoms with Gasteiger partial charge in [-0.1, -0.05) is 23.7 Å². The number of para-hydroxylation sites is 1. The number of carbonyl (C=O) groups is 3. The van der Waals surface area contributed by atoms with Crippen molar-refractivity contribution < 1.29 is 19.1 Å². The van der Waals surface area contributed by atoms with Gasteiger partial charge in [-0.25, -0.2) is 0 Å². The molecule has 0 radical (unpaired) electrons. The maximum atomic E-state index is 12.5. The number of halogens is 1. The monoisotopic (exact) mass is 430 g/mol. The number of nitrogens with one attached hydrogen (secondary N) is 1. The molecule has 1 heterocycles. The maximum absolute atomic E-state index is 12.5. The van der Waals surface area contributed by atoms with Gasteiger partial charge in [0, 0.05) is 36.9 Å². The summed E-state index contributed by atoms with van der Waals surface area (Å²) in [7, 11) is 0. The summed E-state index contributed by atoms with van der Waals surface area (Å²) >= 11 is 5.93. The minimum absolute atomic E-state index is 0.121. The Morgan fingerprint density at radius 2 is 1.67 bits per heavy atom. The van der Waals surface area contributed by atoms with Crippen LogP contribution >= 0.6 is 11.6 Å². The van der Waals surface area contributed by atoms with Gasteiger partial charge in [0.1, 0.15) is 5.75 Å². The second-order valence-corrected chi connectivity index (χ2v) is 7.21. The van der Waals surface area contributed by atoms with E-state index in [1.165, 1.54) is 0 Å². The molecule has 1 fully saturated rings. The molecule has 0 unspecified atom stereocenters. The van der Waals surface area contributed by atoms with Gasteiger partial charge in [-0.05, 0) is 36.4 Å². The van der Waals surface area contributed by atoms with Crippen LogP contribution in [-0.4, -0.2) is 62.0 Å². The number of primary amides is 1. The lowest BCUT2D eigenvalue weighted by Gasteiger charge is -2.36. The summed E-state index contributed by atoms with van der Waals surface area (Å²) in [6.45, 7) is 2.08. The number of anilines is 1. The Morgan fingerprint density at radius 3 is 2.33 bits per heavy atom. The highest BCUT2D eigenvalue weighted by molar-refractivity contribution is 6.30. The number of hydrogen-bond donors (Lipinski definition) is 2. The first-order chi connectivity index (χ1) is 14.4. The number of piperazine rings is 1. The lowest BCUT2D eigenvalue weighted by molar-refractivity contribution is -0.130. The van der Waals surface area contributed by atoms with E-state index in [2.05, 4.69) is 10.2 Å². The average molecular weight is 431 g/mol. The van der Waals surface area contributed by atoms with Gasteiger partial charge >= 0.3 is 0 Å². The third-order valence-corrected chi connectivity index (χ3v) is 4.98. The van der Waals surface area contributed by atoms with E-state index in [4.69, 9.17) is 22.1 Å². The summed E-state index contributed by atoms with van der Waals surface area (Å²) in [4.78, 5) is 39.8. The molecule has 158 valence electrons. The number of ether oxygens (including phenoxy) is 1. The van der Waals surface area contributed by atoms with Crippen LogP contribution < -0.4 is 20.7 Å². The van der Waals surface area contributed by atoms with E-state index in [-0.39, 0.29) is 30.4 Å². The summed E-state index contributed by atoms with van der Waals surface area (Å²) in [5, 5.41) is 3.30. The first-order valence-corrected chi connectivity index (χ1v) is 9.88. The summed E-state index contributed by atoms with van der Waals surface area (Å²) in [5.41, 5.74) is 6.37. The molecule has 0 saturated carbocycles. The second kappa shape index (κ2) is 9.98. The molecule has 0 spiro atoms. The van der Waals surface area contributed by atoms with Gasteiger partial charge in [-0.2, -0.15) is 0 Å². The third kappa shape index (κ3) is 5.64. The molecule has 0 bridgehead atoms. The largest absolute Gasteiger partial charge is 0.483 e. The minimum Gasteiger partial charge on any atom is -0.483 e. The molecule has 3 rings (SSSR count). The van der Waals surface area contributed by atoms with Gasteiger partial charge in [0.15, 0.2) is 6.61 Å². The van der Waals surface area contributed by atoms with Crippen LogP contribution in [0.3, 0.4) is 0 Å². The minimum atomic E-state index is -0.641. The Bertz CT molecular complexity index is 911. The zero-order valence-electron chi connectivity index (χ0n) is 16.3. The van der Waals surface area contributed by atoms with E-state index in [0.717, 1.165) is 5.69 Å². The van der Waals surface area contributed by atoms with E-state index in [1.54, 1.807) is 29.2 Å². The van der Waals surface area contributed by atoms with Crippen LogP contribution in [0.15, 0.2) is 48.5 Å². The molecule has 0 atom stereocenters. The van der Waals surface area contributed by atoms with Crippen molar-refractivity contribution in [1.29, 1.82) is 0 Å².